The second kappa shape index (κ2) is 6.41. The van der Waals surface area contributed by atoms with Crippen LogP contribution in [0.1, 0.15) is 10.4 Å². The van der Waals surface area contributed by atoms with Crippen molar-refractivity contribution in [2.45, 2.75) is 13.0 Å². The van der Waals surface area contributed by atoms with Crippen molar-refractivity contribution in [1.82, 2.24) is 5.32 Å². The van der Waals surface area contributed by atoms with Gasteiger partial charge in [0.1, 0.15) is 0 Å². The molecule has 0 fully saturated rings. The van der Waals surface area contributed by atoms with E-state index in [-0.39, 0.29) is 5.91 Å². The summed E-state index contributed by atoms with van der Waals surface area (Å²) < 4.78 is 1.05. The number of nitrogens with one attached hydrogen (secondary N) is 1. The molecule has 0 saturated carbocycles. The number of thiophene rings is 1. The molecule has 3 aromatic rings. The van der Waals surface area contributed by atoms with E-state index < -0.39 is 0 Å². The maximum atomic E-state index is 12.1. The molecule has 0 aliphatic rings. The largest absolute Gasteiger partial charge is 0.351 e. The molecule has 106 valence electrons. The second-order valence-electron chi connectivity index (χ2n) is 4.78. The highest BCUT2D eigenvalue weighted by Gasteiger charge is 2.08. The molecule has 21 heavy (non-hydrogen) atoms. The van der Waals surface area contributed by atoms with E-state index in [2.05, 4.69) is 39.4 Å². The van der Waals surface area contributed by atoms with Gasteiger partial charge in [0.2, 0.25) is 5.91 Å². The number of rotatable bonds is 4. The Morgan fingerprint density at radius 2 is 1.90 bits per heavy atom. The lowest BCUT2D eigenvalue weighted by Gasteiger charge is -2.07. The fourth-order valence-electron chi connectivity index (χ4n) is 2.31. The Labute approximate surface area is 135 Å². The van der Waals surface area contributed by atoms with Gasteiger partial charge in [-0.05, 0) is 43.7 Å². The van der Waals surface area contributed by atoms with Crippen LogP contribution >= 0.6 is 27.3 Å². The Kier molecular flexibility index (Phi) is 4.36. The van der Waals surface area contributed by atoms with Crippen molar-refractivity contribution in [2.24, 2.45) is 0 Å². The SMILES string of the molecule is O=C(Cc1cccc2ccccc12)NCc1sccc1Br. The molecular formula is C17H14BrNOS. The van der Waals surface area contributed by atoms with Gasteiger partial charge in [-0.3, -0.25) is 4.79 Å². The zero-order chi connectivity index (χ0) is 14.7. The van der Waals surface area contributed by atoms with E-state index in [9.17, 15) is 4.79 Å². The van der Waals surface area contributed by atoms with Crippen LogP contribution in [0.15, 0.2) is 58.4 Å². The van der Waals surface area contributed by atoms with Crippen LogP contribution in [0.3, 0.4) is 0 Å². The van der Waals surface area contributed by atoms with Crippen LogP contribution < -0.4 is 5.32 Å². The average molecular weight is 360 g/mol. The van der Waals surface area contributed by atoms with E-state index in [1.54, 1.807) is 11.3 Å². The van der Waals surface area contributed by atoms with Crippen LogP contribution in [0.5, 0.6) is 0 Å². The molecule has 0 saturated heterocycles. The zero-order valence-electron chi connectivity index (χ0n) is 11.3. The smallest absolute Gasteiger partial charge is 0.224 e. The first-order chi connectivity index (χ1) is 10.2. The number of carbonyl (C=O) groups is 1. The van der Waals surface area contributed by atoms with Crippen molar-refractivity contribution in [3.63, 3.8) is 0 Å². The standard InChI is InChI=1S/C17H14BrNOS/c18-15-8-9-21-16(15)11-19-17(20)10-13-6-3-5-12-4-1-2-7-14(12)13/h1-9H,10-11H2,(H,19,20). The summed E-state index contributed by atoms with van der Waals surface area (Å²) in [6.07, 6.45) is 0.407. The van der Waals surface area contributed by atoms with Gasteiger partial charge in [0, 0.05) is 9.35 Å². The first-order valence-electron chi connectivity index (χ1n) is 6.69. The summed E-state index contributed by atoms with van der Waals surface area (Å²) in [6, 6.07) is 16.2. The van der Waals surface area contributed by atoms with Crippen LogP contribution in [0.2, 0.25) is 0 Å². The Morgan fingerprint density at radius 1 is 1.10 bits per heavy atom. The molecular weight excluding hydrogens is 346 g/mol. The summed E-state index contributed by atoms with van der Waals surface area (Å²) in [4.78, 5) is 13.3. The molecule has 2 nitrogen and oxygen atoms in total. The summed E-state index contributed by atoms with van der Waals surface area (Å²) in [6.45, 7) is 0.571. The summed E-state index contributed by atoms with van der Waals surface area (Å²) in [5, 5.41) is 7.31. The molecule has 1 amide bonds. The number of hydrogen-bond donors (Lipinski definition) is 1. The van der Waals surface area contributed by atoms with Gasteiger partial charge >= 0.3 is 0 Å². The zero-order valence-corrected chi connectivity index (χ0v) is 13.7. The highest BCUT2D eigenvalue weighted by molar-refractivity contribution is 9.10. The van der Waals surface area contributed by atoms with Crippen molar-refractivity contribution < 1.29 is 4.79 Å². The number of amides is 1. The van der Waals surface area contributed by atoms with E-state index in [1.165, 1.54) is 5.39 Å². The lowest BCUT2D eigenvalue weighted by Crippen LogP contribution is -2.24. The summed E-state index contributed by atoms with van der Waals surface area (Å²) in [7, 11) is 0. The second-order valence-corrected chi connectivity index (χ2v) is 6.64. The van der Waals surface area contributed by atoms with Crippen LogP contribution in [-0.2, 0) is 17.8 Å². The van der Waals surface area contributed by atoms with Gasteiger partial charge in [0.25, 0.3) is 0 Å². The molecule has 1 heterocycles. The van der Waals surface area contributed by atoms with Crippen LogP contribution in [0.25, 0.3) is 10.8 Å². The number of carbonyl (C=O) groups excluding carboxylic acids is 1. The molecule has 0 radical (unpaired) electrons. The maximum Gasteiger partial charge on any atom is 0.224 e. The van der Waals surface area contributed by atoms with Gasteiger partial charge in [0.05, 0.1) is 13.0 Å². The van der Waals surface area contributed by atoms with Crippen molar-refractivity contribution in [3.8, 4) is 0 Å². The van der Waals surface area contributed by atoms with Crippen molar-refractivity contribution in [1.29, 1.82) is 0 Å². The molecule has 0 unspecified atom stereocenters. The molecule has 1 N–H and O–H groups in total. The Hall–Kier alpha value is -1.65. The van der Waals surface area contributed by atoms with E-state index in [4.69, 9.17) is 0 Å². The van der Waals surface area contributed by atoms with Gasteiger partial charge in [-0.2, -0.15) is 0 Å². The number of benzene rings is 2. The summed E-state index contributed by atoms with van der Waals surface area (Å²) in [5.74, 6) is 0.0478. The molecule has 4 heteroatoms. The summed E-state index contributed by atoms with van der Waals surface area (Å²) in [5.41, 5.74) is 1.07. The van der Waals surface area contributed by atoms with Crippen molar-refractivity contribution in [2.75, 3.05) is 0 Å². The minimum Gasteiger partial charge on any atom is -0.351 e. The molecule has 2 aromatic carbocycles. The highest BCUT2D eigenvalue weighted by atomic mass is 79.9. The first-order valence-corrected chi connectivity index (χ1v) is 8.36. The van der Waals surface area contributed by atoms with Crippen LogP contribution in [0.4, 0.5) is 0 Å². The molecule has 0 aliphatic carbocycles. The normalized spacial score (nSPS) is 10.7. The number of hydrogen-bond acceptors (Lipinski definition) is 2. The van der Waals surface area contributed by atoms with E-state index >= 15 is 0 Å². The topological polar surface area (TPSA) is 29.1 Å². The molecule has 1 aromatic heterocycles. The quantitative estimate of drug-likeness (QED) is 0.728. The van der Waals surface area contributed by atoms with Crippen LogP contribution in [0, 0.1) is 0 Å². The van der Waals surface area contributed by atoms with Gasteiger partial charge in [-0.1, -0.05) is 42.5 Å². The van der Waals surface area contributed by atoms with Gasteiger partial charge in [-0.15, -0.1) is 11.3 Å². The molecule has 3 rings (SSSR count). The average Bonchev–Trinajstić information content (AvgIpc) is 2.91. The summed E-state index contributed by atoms with van der Waals surface area (Å²) >= 11 is 5.11. The third-order valence-corrected chi connectivity index (χ3v) is 5.29. The van der Waals surface area contributed by atoms with Crippen molar-refractivity contribution in [3.05, 3.63) is 68.8 Å². The lowest BCUT2D eigenvalue weighted by atomic mass is 10.0. The highest BCUT2D eigenvalue weighted by Crippen LogP contribution is 2.22. The van der Waals surface area contributed by atoms with E-state index in [1.807, 2.05) is 35.7 Å². The minimum absolute atomic E-state index is 0.0478. The Morgan fingerprint density at radius 3 is 2.71 bits per heavy atom. The third kappa shape index (κ3) is 3.34. The Bertz CT molecular complexity index is 776. The minimum atomic E-state index is 0.0478. The maximum absolute atomic E-state index is 12.1. The Balaban J connectivity index is 1.70. The fourth-order valence-corrected chi connectivity index (χ4v) is 3.74. The number of fused-ring (bicyclic) bond motifs is 1. The van der Waals surface area contributed by atoms with Crippen LogP contribution in [-0.4, -0.2) is 5.91 Å². The number of halogens is 1. The third-order valence-electron chi connectivity index (χ3n) is 3.37. The van der Waals surface area contributed by atoms with Gasteiger partial charge in [-0.25, -0.2) is 0 Å². The predicted molar refractivity (Wildman–Crippen MR) is 91.5 cm³/mol. The van der Waals surface area contributed by atoms with Crippen molar-refractivity contribution >= 4 is 43.9 Å². The molecule has 0 atom stereocenters. The van der Waals surface area contributed by atoms with Gasteiger partial charge < -0.3 is 5.32 Å². The molecule has 0 aliphatic heterocycles. The molecule has 0 spiro atoms. The van der Waals surface area contributed by atoms with E-state index in [0.717, 1.165) is 20.3 Å². The van der Waals surface area contributed by atoms with E-state index in [0.29, 0.717) is 13.0 Å². The fraction of sp³-hybridized carbons (Fsp3) is 0.118. The predicted octanol–water partition coefficient (Wildman–Crippen LogP) is 4.52. The monoisotopic (exact) mass is 359 g/mol. The lowest BCUT2D eigenvalue weighted by molar-refractivity contribution is -0.120. The molecule has 0 bridgehead atoms. The van der Waals surface area contributed by atoms with Gasteiger partial charge in [0.15, 0.2) is 0 Å². The first kappa shape index (κ1) is 14.3.